The number of hydrogen-bond donors (Lipinski definition) is 1. The Morgan fingerprint density at radius 2 is 2.32 bits per heavy atom. The number of aryl methyl sites for hydroxylation is 2. The van der Waals surface area contributed by atoms with E-state index in [2.05, 4.69) is 37.4 Å². The van der Waals surface area contributed by atoms with Gasteiger partial charge in [0.1, 0.15) is 5.82 Å². The highest BCUT2D eigenvalue weighted by molar-refractivity contribution is 7.09. The van der Waals surface area contributed by atoms with E-state index in [4.69, 9.17) is 0 Å². The second-order valence-electron chi connectivity index (χ2n) is 5.08. The van der Waals surface area contributed by atoms with E-state index in [1.54, 1.807) is 11.3 Å². The molecular formula is C13H19N5S. The predicted octanol–water partition coefficient (Wildman–Crippen LogP) is 2.26. The molecule has 1 aliphatic rings. The van der Waals surface area contributed by atoms with Gasteiger partial charge in [0.05, 0.1) is 16.7 Å². The molecule has 102 valence electrons. The third-order valence-electron chi connectivity index (χ3n) is 3.60. The van der Waals surface area contributed by atoms with Crippen LogP contribution in [-0.4, -0.2) is 38.2 Å². The zero-order valence-corrected chi connectivity index (χ0v) is 12.2. The summed E-state index contributed by atoms with van der Waals surface area (Å²) >= 11 is 1.73. The standard InChI is InChI=1S/C13H19N5S/c1-9-14-13(17-16-9)12-4-3-6-18(12)7-5-11-8-19-10(2)15-11/h8,12H,3-7H2,1-2H3,(H,14,16,17)/t12-/m1/s1. The highest BCUT2D eigenvalue weighted by Crippen LogP contribution is 2.29. The molecule has 1 N–H and O–H groups in total. The monoisotopic (exact) mass is 277 g/mol. The number of rotatable bonds is 4. The minimum Gasteiger partial charge on any atom is -0.293 e. The molecule has 0 spiro atoms. The van der Waals surface area contributed by atoms with Gasteiger partial charge in [0.2, 0.25) is 0 Å². The summed E-state index contributed by atoms with van der Waals surface area (Å²) in [6.45, 7) is 6.19. The second-order valence-corrected chi connectivity index (χ2v) is 6.14. The topological polar surface area (TPSA) is 57.7 Å². The molecule has 6 heteroatoms. The Labute approximate surface area is 117 Å². The minimum atomic E-state index is 0.379. The van der Waals surface area contributed by atoms with Gasteiger partial charge in [-0.2, -0.15) is 5.10 Å². The molecule has 2 aromatic heterocycles. The summed E-state index contributed by atoms with van der Waals surface area (Å²) < 4.78 is 0. The molecule has 0 saturated carbocycles. The molecule has 3 rings (SSSR count). The van der Waals surface area contributed by atoms with Gasteiger partial charge >= 0.3 is 0 Å². The van der Waals surface area contributed by atoms with Crippen LogP contribution in [0.4, 0.5) is 0 Å². The van der Waals surface area contributed by atoms with Gasteiger partial charge in [-0.3, -0.25) is 10.00 Å². The Morgan fingerprint density at radius 1 is 1.42 bits per heavy atom. The molecule has 19 heavy (non-hydrogen) atoms. The lowest BCUT2D eigenvalue weighted by molar-refractivity contribution is 0.251. The minimum absolute atomic E-state index is 0.379. The summed E-state index contributed by atoms with van der Waals surface area (Å²) in [5.74, 6) is 1.85. The summed E-state index contributed by atoms with van der Waals surface area (Å²) in [6.07, 6.45) is 3.41. The lowest BCUT2D eigenvalue weighted by Gasteiger charge is -2.21. The number of thiazole rings is 1. The summed E-state index contributed by atoms with van der Waals surface area (Å²) in [6, 6.07) is 0.379. The van der Waals surface area contributed by atoms with Gasteiger partial charge < -0.3 is 0 Å². The molecule has 1 fully saturated rings. The van der Waals surface area contributed by atoms with Crippen LogP contribution in [0.2, 0.25) is 0 Å². The van der Waals surface area contributed by atoms with Crippen LogP contribution in [0.15, 0.2) is 5.38 Å². The maximum atomic E-state index is 4.53. The van der Waals surface area contributed by atoms with Gasteiger partial charge in [0.15, 0.2) is 5.82 Å². The Hall–Kier alpha value is -1.27. The van der Waals surface area contributed by atoms with Gasteiger partial charge in [-0.1, -0.05) is 0 Å². The fourth-order valence-corrected chi connectivity index (χ4v) is 3.32. The second kappa shape index (κ2) is 5.38. The summed E-state index contributed by atoms with van der Waals surface area (Å²) in [7, 11) is 0. The molecule has 0 aliphatic carbocycles. The zero-order chi connectivity index (χ0) is 13.2. The highest BCUT2D eigenvalue weighted by Gasteiger charge is 2.28. The Bertz CT molecular complexity index is 547. The third kappa shape index (κ3) is 2.84. The number of hydrogen-bond acceptors (Lipinski definition) is 5. The Morgan fingerprint density at radius 3 is 3.00 bits per heavy atom. The first-order valence-electron chi connectivity index (χ1n) is 6.76. The first-order valence-corrected chi connectivity index (χ1v) is 7.64. The molecule has 0 bridgehead atoms. The molecular weight excluding hydrogens is 258 g/mol. The van der Waals surface area contributed by atoms with Crippen molar-refractivity contribution in [2.75, 3.05) is 13.1 Å². The lowest BCUT2D eigenvalue weighted by atomic mass is 10.2. The van der Waals surface area contributed by atoms with Gasteiger partial charge in [0.25, 0.3) is 0 Å². The van der Waals surface area contributed by atoms with Gasteiger partial charge in [-0.15, -0.1) is 11.3 Å². The summed E-state index contributed by atoms with van der Waals surface area (Å²) in [5, 5.41) is 10.6. The molecule has 1 atom stereocenters. The van der Waals surface area contributed by atoms with Crippen molar-refractivity contribution in [3.63, 3.8) is 0 Å². The lowest BCUT2D eigenvalue weighted by Crippen LogP contribution is -2.26. The van der Waals surface area contributed by atoms with Crippen LogP contribution in [0.1, 0.15) is 41.2 Å². The summed E-state index contributed by atoms with van der Waals surface area (Å²) in [4.78, 5) is 11.5. The van der Waals surface area contributed by atoms with Crippen LogP contribution < -0.4 is 0 Å². The van der Waals surface area contributed by atoms with E-state index >= 15 is 0 Å². The number of H-pyrrole nitrogens is 1. The smallest absolute Gasteiger partial charge is 0.167 e. The van der Waals surface area contributed by atoms with Crippen molar-refractivity contribution in [3.8, 4) is 0 Å². The maximum absolute atomic E-state index is 4.53. The first-order chi connectivity index (χ1) is 9.22. The zero-order valence-electron chi connectivity index (χ0n) is 11.4. The van der Waals surface area contributed by atoms with Crippen molar-refractivity contribution in [2.24, 2.45) is 0 Å². The molecule has 0 aromatic carbocycles. The van der Waals surface area contributed by atoms with Crippen molar-refractivity contribution in [1.29, 1.82) is 0 Å². The predicted molar refractivity (Wildman–Crippen MR) is 75.2 cm³/mol. The van der Waals surface area contributed by atoms with Gasteiger partial charge in [0, 0.05) is 18.3 Å². The van der Waals surface area contributed by atoms with Crippen molar-refractivity contribution < 1.29 is 0 Å². The van der Waals surface area contributed by atoms with Crippen LogP contribution in [0.3, 0.4) is 0 Å². The summed E-state index contributed by atoms with van der Waals surface area (Å²) in [5.41, 5.74) is 1.21. The van der Waals surface area contributed by atoms with Crippen molar-refractivity contribution >= 4 is 11.3 Å². The third-order valence-corrected chi connectivity index (χ3v) is 4.42. The number of nitrogens with one attached hydrogen (secondary N) is 1. The van der Waals surface area contributed by atoms with Crippen molar-refractivity contribution in [2.45, 2.75) is 39.2 Å². The molecule has 0 unspecified atom stereocenters. The van der Waals surface area contributed by atoms with E-state index < -0.39 is 0 Å². The SMILES string of the molecule is Cc1nc([C@H]2CCCN2CCc2csc(C)n2)n[nH]1. The molecule has 3 heterocycles. The molecule has 1 saturated heterocycles. The van der Waals surface area contributed by atoms with Crippen LogP contribution in [-0.2, 0) is 6.42 Å². The van der Waals surface area contributed by atoms with Crippen LogP contribution in [0.5, 0.6) is 0 Å². The van der Waals surface area contributed by atoms with Crippen LogP contribution in [0.25, 0.3) is 0 Å². The van der Waals surface area contributed by atoms with E-state index in [9.17, 15) is 0 Å². The fourth-order valence-electron chi connectivity index (χ4n) is 2.68. The van der Waals surface area contributed by atoms with E-state index in [0.29, 0.717) is 6.04 Å². The number of nitrogens with zero attached hydrogens (tertiary/aromatic N) is 4. The average Bonchev–Trinajstić information content (AvgIpc) is 3.07. The fraction of sp³-hybridized carbons (Fsp3) is 0.615. The van der Waals surface area contributed by atoms with E-state index in [1.165, 1.54) is 12.1 Å². The van der Waals surface area contributed by atoms with Gasteiger partial charge in [-0.25, -0.2) is 9.97 Å². The van der Waals surface area contributed by atoms with Crippen molar-refractivity contribution in [1.82, 2.24) is 25.1 Å². The van der Waals surface area contributed by atoms with Gasteiger partial charge in [-0.05, 0) is 33.2 Å². The molecule has 2 aromatic rings. The van der Waals surface area contributed by atoms with Crippen LogP contribution >= 0.6 is 11.3 Å². The highest BCUT2D eigenvalue weighted by atomic mass is 32.1. The Balaban J connectivity index is 1.63. The van der Waals surface area contributed by atoms with E-state index in [1.807, 2.05) is 6.92 Å². The van der Waals surface area contributed by atoms with Crippen LogP contribution in [0, 0.1) is 13.8 Å². The number of aromatic nitrogens is 4. The average molecular weight is 277 g/mol. The molecule has 0 radical (unpaired) electrons. The Kier molecular flexibility index (Phi) is 3.61. The van der Waals surface area contributed by atoms with Crippen molar-refractivity contribution in [3.05, 3.63) is 27.7 Å². The molecule has 0 amide bonds. The first kappa shape index (κ1) is 12.7. The normalized spacial score (nSPS) is 20.2. The van der Waals surface area contributed by atoms with E-state index in [-0.39, 0.29) is 0 Å². The molecule has 1 aliphatic heterocycles. The quantitative estimate of drug-likeness (QED) is 0.931. The number of aromatic amines is 1. The van der Waals surface area contributed by atoms with E-state index in [0.717, 1.165) is 42.6 Å². The maximum Gasteiger partial charge on any atom is 0.167 e. The number of likely N-dealkylation sites (tertiary alicyclic amines) is 1. The molecule has 5 nitrogen and oxygen atoms in total. The largest absolute Gasteiger partial charge is 0.293 e.